The monoisotopic (exact) mass is 286 g/mol. The van der Waals surface area contributed by atoms with E-state index in [1.807, 2.05) is 30.3 Å². The fourth-order valence-electron chi connectivity index (χ4n) is 2.03. The van der Waals surface area contributed by atoms with Gasteiger partial charge in [0.2, 0.25) is 0 Å². The topological polar surface area (TPSA) is 44.8 Å². The molecule has 4 nitrogen and oxygen atoms in total. The van der Waals surface area contributed by atoms with E-state index in [0.717, 1.165) is 5.56 Å². The lowest BCUT2D eigenvalue weighted by Gasteiger charge is -2.12. The molecule has 0 atom stereocenters. The summed E-state index contributed by atoms with van der Waals surface area (Å²) in [5, 5.41) is 0. The van der Waals surface area contributed by atoms with Crippen molar-refractivity contribution in [1.29, 1.82) is 0 Å². The number of benzene rings is 2. The maximum absolute atomic E-state index is 12.2. The minimum absolute atomic E-state index is 0.310. The molecule has 2 aromatic rings. The molecule has 0 N–H and O–H groups in total. The first-order valence-corrected chi connectivity index (χ1v) is 6.68. The van der Waals surface area contributed by atoms with Crippen LogP contribution in [0.3, 0.4) is 0 Å². The molecular formula is C17H18O4. The first-order valence-electron chi connectivity index (χ1n) is 6.68. The Hall–Kier alpha value is -2.49. The van der Waals surface area contributed by atoms with Gasteiger partial charge >= 0.3 is 5.97 Å². The minimum atomic E-state index is -0.444. The van der Waals surface area contributed by atoms with Gasteiger partial charge in [0, 0.05) is 6.42 Å². The molecule has 0 bridgehead atoms. The van der Waals surface area contributed by atoms with Crippen molar-refractivity contribution in [3.63, 3.8) is 0 Å². The molecule has 0 aliphatic rings. The lowest BCUT2D eigenvalue weighted by molar-refractivity contribution is 0.0502. The van der Waals surface area contributed by atoms with Crippen LogP contribution in [0, 0.1) is 0 Å². The molecular weight excluding hydrogens is 268 g/mol. The van der Waals surface area contributed by atoms with Crippen LogP contribution in [0.5, 0.6) is 11.5 Å². The van der Waals surface area contributed by atoms with E-state index in [4.69, 9.17) is 14.2 Å². The smallest absolute Gasteiger partial charge is 0.345 e. The van der Waals surface area contributed by atoms with E-state index < -0.39 is 5.97 Å². The summed E-state index contributed by atoms with van der Waals surface area (Å²) in [7, 11) is 3.02. The van der Waals surface area contributed by atoms with Gasteiger partial charge < -0.3 is 14.2 Å². The third kappa shape index (κ3) is 3.75. The molecule has 21 heavy (non-hydrogen) atoms. The predicted molar refractivity (Wildman–Crippen MR) is 80.0 cm³/mol. The molecule has 0 radical (unpaired) electrons. The molecule has 0 aliphatic heterocycles. The molecule has 0 saturated carbocycles. The molecule has 2 aromatic carbocycles. The van der Waals surface area contributed by atoms with Crippen molar-refractivity contribution in [2.24, 2.45) is 0 Å². The Balaban J connectivity index is 2.03. The highest BCUT2D eigenvalue weighted by molar-refractivity contribution is 5.95. The summed E-state index contributed by atoms with van der Waals surface area (Å²) in [5.74, 6) is 0.443. The summed E-state index contributed by atoms with van der Waals surface area (Å²) in [6.07, 6.45) is 0.671. The lowest BCUT2D eigenvalue weighted by Crippen LogP contribution is -2.11. The van der Waals surface area contributed by atoms with Crippen LogP contribution in [0.25, 0.3) is 0 Å². The number of methoxy groups -OCH3 is 2. The van der Waals surface area contributed by atoms with Crippen LogP contribution in [0.2, 0.25) is 0 Å². The van der Waals surface area contributed by atoms with Gasteiger partial charge in [-0.3, -0.25) is 0 Å². The van der Waals surface area contributed by atoms with Gasteiger partial charge in [-0.05, 0) is 17.7 Å². The van der Waals surface area contributed by atoms with E-state index in [1.54, 1.807) is 18.2 Å². The second-order valence-corrected chi connectivity index (χ2v) is 4.41. The fourth-order valence-corrected chi connectivity index (χ4v) is 2.03. The molecule has 0 heterocycles. The van der Waals surface area contributed by atoms with Crippen LogP contribution >= 0.6 is 0 Å². The quantitative estimate of drug-likeness (QED) is 0.765. The third-order valence-electron chi connectivity index (χ3n) is 3.10. The zero-order valence-electron chi connectivity index (χ0n) is 12.2. The minimum Gasteiger partial charge on any atom is -0.496 e. The highest BCUT2D eigenvalue weighted by Gasteiger charge is 2.19. The molecule has 4 heteroatoms. The molecule has 0 fully saturated rings. The van der Waals surface area contributed by atoms with Gasteiger partial charge in [0.1, 0.15) is 17.1 Å². The van der Waals surface area contributed by atoms with E-state index in [1.165, 1.54) is 14.2 Å². The highest BCUT2D eigenvalue weighted by atomic mass is 16.5. The first-order chi connectivity index (χ1) is 10.3. The van der Waals surface area contributed by atoms with Gasteiger partial charge in [-0.25, -0.2) is 4.79 Å². The molecule has 0 unspecified atom stereocenters. The predicted octanol–water partition coefficient (Wildman–Crippen LogP) is 3.10. The Morgan fingerprint density at radius 2 is 1.52 bits per heavy atom. The van der Waals surface area contributed by atoms with Crippen molar-refractivity contribution >= 4 is 5.97 Å². The van der Waals surface area contributed by atoms with E-state index in [9.17, 15) is 4.79 Å². The zero-order chi connectivity index (χ0) is 15.1. The number of carbonyl (C=O) groups excluding carboxylic acids is 1. The van der Waals surface area contributed by atoms with E-state index in [-0.39, 0.29) is 0 Å². The number of esters is 1. The molecule has 0 saturated heterocycles. The third-order valence-corrected chi connectivity index (χ3v) is 3.10. The van der Waals surface area contributed by atoms with Gasteiger partial charge in [-0.2, -0.15) is 0 Å². The summed E-state index contributed by atoms with van der Waals surface area (Å²) in [4.78, 5) is 12.2. The van der Waals surface area contributed by atoms with E-state index in [2.05, 4.69) is 0 Å². The van der Waals surface area contributed by atoms with Crippen molar-refractivity contribution in [3.8, 4) is 11.5 Å². The van der Waals surface area contributed by atoms with Crippen LogP contribution in [-0.2, 0) is 11.2 Å². The largest absolute Gasteiger partial charge is 0.496 e. The summed E-state index contributed by atoms with van der Waals surface area (Å²) in [6.45, 7) is 0.310. The lowest BCUT2D eigenvalue weighted by atomic mass is 10.1. The maximum atomic E-state index is 12.2. The van der Waals surface area contributed by atoms with Crippen molar-refractivity contribution < 1.29 is 19.0 Å². The highest BCUT2D eigenvalue weighted by Crippen LogP contribution is 2.28. The van der Waals surface area contributed by atoms with Gasteiger partial charge in [0.05, 0.1) is 20.8 Å². The molecule has 2 rings (SSSR count). The molecule has 0 aliphatic carbocycles. The summed E-state index contributed by atoms with van der Waals surface area (Å²) in [5.41, 5.74) is 1.44. The molecule has 110 valence electrons. The number of carbonyl (C=O) groups is 1. The van der Waals surface area contributed by atoms with Crippen molar-refractivity contribution in [2.45, 2.75) is 6.42 Å². The Labute approximate surface area is 124 Å². The number of ether oxygens (including phenoxy) is 3. The first kappa shape index (κ1) is 14.9. The van der Waals surface area contributed by atoms with Crippen LogP contribution in [0.4, 0.5) is 0 Å². The number of hydrogen-bond donors (Lipinski definition) is 0. The molecule has 0 amide bonds. The number of hydrogen-bond acceptors (Lipinski definition) is 4. The second-order valence-electron chi connectivity index (χ2n) is 4.41. The normalized spacial score (nSPS) is 10.0. The van der Waals surface area contributed by atoms with Gasteiger partial charge in [-0.15, -0.1) is 0 Å². The van der Waals surface area contributed by atoms with Crippen LogP contribution < -0.4 is 9.47 Å². The van der Waals surface area contributed by atoms with Gasteiger partial charge in [0.15, 0.2) is 0 Å². The maximum Gasteiger partial charge on any atom is 0.345 e. The molecule has 0 spiro atoms. The average molecular weight is 286 g/mol. The van der Waals surface area contributed by atoms with E-state index in [0.29, 0.717) is 30.1 Å². The van der Waals surface area contributed by atoms with Gasteiger partial charge in [0.25, 0.3) is 0 Å². The van der Waals surface area contributed by atoms with Gasteiger partial charge in [-0.1, -0.05) is 36.4 Å². The molecule has 0 aromatic heterocycles. The van der Waals surface area contributed by atoms with Crippen molar-refractivity contribution in [1.82, 2.24) is 0 Å². The SMILES string of the molecule is COc1cccc(OC)c1C(=O)OCCc1ccccc1. The Morgan fingerprint density at radius 1 is 0.905 bits per heavy atom. The summed E-state index contributed by atoms with van der Waals surface area (Å²) < 4.78 is 15.7. The van der Waals surface area contributed by atoms with Crippen LogP contribution in [0.1, 0.15) is 15.9 Å². The Kier molecular flexibility index (Phi) is 5.21. The fraction of sp³-hybridized carbons (Fsp3) is 0.235. The Bertz CT molecular complexity index is 571. The summed E-state index contributed by atoms with van der Waals surface area (Å²) >= 11 is 0. The van der Waals surface area contributed by atoms with E-state index >= 15 is 0 Å². The number of rotatable bonds is 6. The standard InChI is InChI=1S/C17H18O4/c1-19-14-9-6-10-15(20-2)16(14)17(18)21-12-11-13-7-4-3-5-8-13/h3-10H,11-12H2,1-2H3. The summed E-state index contributed by atoms with van der Waals surface area (Å²) in [6, 6.07) is 15.0. The van der Waals surface area contributed by atoms with Crippen molar-refractivity contribution in [3.05, 3.63) is 59.7 Å². The average Bonchev–Trinajstić information content (AvgIpc) is 2.54. The van der Waals surface area contributed by atoms with Crippen molar-refractivity contribution in [2.75, 3.05) is 20.8 Å². The van der Waals surface area contributed by atoms with Crippen LogP contribution in [0.15, 0.2) is 48.5 Å². The van der Waals surface area contributed by atoms with Crippen LogP contribution in [-0.4, -0.2) is 26.8 Å². The zero-order valence-corrected chi connectivity index (χ0v) is 12.2. The second kappa shape index (κ2) is 7.33. The Morgan fingerprint density at radius 3 is 2.10 bits per heavy atom.